The van der Waals surface area contributed by atoms with Gasteiger partial charge in [0.05, 0.1) is 0 Å². The molecule has 0 unspecified atom stereocenters. The summed E-state index contributed by atoms with van der Waals surface area (Å²) in [5.41, 5.74) is 8.68. The number of allylic oxidation sites excluding steroid dienone is 2. The van der Waals surface area contributed by atoms with E-state index in [-0.39, 0.29) is 38.5 Å². The van der Waals surface area contributed by atoms with Gasteiger partial charge in [0.15, 0.2) is 5.78 Å². The van der Waals surface area contributed by atoms with Crippen LogP contribution in [-0.2, 0) is 39.1 Å². The maximum Gasteiger partial charge on any atom is 0.169 e. The van der Waals surface area contributed by atoms with Gasteiger partial charge in [0.2, 0.25) is 0 Å². The molecular formula is C25H21OY-. The van der Waals surface area contributed by atoms with Crippen molar-refractivity contribution in [2.45, 2.75) is 26.7 Å². The van der Waals surface area contributed by atoms with Crippen LogP contribution in [0.5, 0.6) is 0 Å². The van der Waals surface area contributed by atoms with Crippen LogP contribution >= 0.6 is 0 Å². The SMILES string of the molecule is Cc1ccc(C2=C(C(=O)c3cc[c-]cc3)c3ccc(C)cc3CC2)cc1.[Y]. The predicted molar refractivity (Wildman–Crippen MR) is 107 cm³/mol. The van der Waals surface area contributed by atoms with Crippen molar-refractivity contribution in [1.29, 1.82) is 0 Å². The average Bonchev–Trinajstić information content (AvgIpc) is 2.68. The van der Waals surface area contributed by atoms with Crippen LogP contribution < -0.4 is 0 Å². The molecule has 27 heavy (non-hydrogen) atoms. The van der Waals surface area contributed by atoms with Crippen LogP contribution in [0.1, 0.15) is 44.6 Å². The first-order valence-electron chi connectivity index (χ1n) is 9.04. The topological polar surface area (TPSA) is 17.1 Å². The van der Waals surface area contributed by atoms with Crippen LogP contribution in [0.25, 0.3) is 11.1 Å². The van der Waals surface area contributed by atoms with E-state index in [1.165, 1.54) is 16.7 Å². The van der Waals surface area contributed by atoms with Gasteiger partial charge in [0.25, 0.3) is 0 Å². The number of benzene rings is 3. The van der Waals surface area contributed by atoms with Gasteiger partial charge >= 0.3 is 0 Å². The summed E-state index contributed by atoms with van der Waals surface area (Å²) in [6, 6.07) is 25.2. The molecular weight excluding hydrogens is 405 g/mol. The molecule has 131 valence electrons. The Morgan fingerprint density at radius 3 is 2.22 bits per heavy atom. The second-order valence-corrected chi connectivity index (χ2v) is 7.00. The van der Waals surface area contributed by atoms with Gasteiger partial charge in [0, 0.05) is 38.3 Å². The van der Waals surface area contributed by atoms with Crippen LogP contribution in [-0.4, -0.2) is 5.78 Å². The molecule has 0 amide bonds. The quantitative estimate of drug-likeness (QED) is 0.380. The van der Waals surface area contributed by atoms with Gasteiger partial charge in [0.1, 0.15) is 0 Å². The van der Waals surface area contributed by atoms with Crippen LogP contribution in [0.15, 0.2) is 66.7 Å². The number of ketones is 1. The predicted octanol–water partition coefficient (Wildman–Crippen LogP) is 5.84. The van der Waals surface area contributed by atoms with Gasteiger partial charge < -0.3 is 0 Å². The second kappa shape index (κ2) is 8.46. The number of fused-ring (bicyclic) bond motifs is 1. The van der Waals surface area contributed by atoms with Crippen molar-refractivity contribution in [3.8, 4) is 0 Å². The number of hydrogen-bond donors (Lipinski definition) is 0. The Bertz CT molecular complexity index is 998. The van der Waals surface area contributed by atoms with E-state index in [0.29, 0.717) is 0 Å². The van der Waals surface area contributed by atoms with Gasteiger partial charge in [-0.1, -0.05) is 59.2 Å². The Balaban J connectivity index is 0.00000210. The molecule has 1 nitrogen and oxygen atoms in total. The molecule has 0 saturated carbocycles. The zero-order chi connectivity index (χ0) is 18.1. The van der Waals surface area contributed by atoms with Crippen molar-refractivity contribution in [2.24, 2.45) is 0 Å². The average molecular weight is 426 g/mol. The summed E-state index contributed by atoms with van der Waals surface area (Å²) in [4.78, 5) is 13.4. The number of carbonyl (C=O) groups is 1. The van der Waals surface area contributed by atoms with E-state index in [4.69, 9.17) is 0 Å². The third-order valence-corrected chi connectivity index (χ3v) is 5.08. The smallest absolute Gasteiger partial charge is 0.169 e. The Morgan fingerprint density at radius 2 is 1.52 bits per heavy atom. The molecule has 4 rings (SSSR count). The summed E-state index contributed by atoms with van der Waals surface area (Å²) in [6.07, 6.45) is 1.86. The summed E-state index contributed by atoms with van der Waals surface area (Å²) in [6.45, 7) is 4.19. The van der Waals surface area contributed by atoms with Crippen LogP contribution in [0, 0.1) is 19.9 Å². The van der Waals surface area contributed by atoms with E-state index in [0.717, 1.165) is 40.7 Å². The van der Waals surface area contributed by atoms with Crippen molar-refractivity contribution in [3.63, 3.8) is 0 Å². The maximum atomic E-state index is 13.4. The van der Waals surface area contributed by atoms with E-state index in [9.17, 15) is 4.79 Å². The van der Waals surface area contributed by atoms with Crippen LogP contribution in [0.4, 0.5) is 0 Å². The Morgan fingerprint density at radius 1 is 0.852 bits per heavy atom. The summed E-state index contributed by atoms with van der Waals surface area (Å²) in [5, 5.41) is 0. The zero-order valence-electron chi connectivity index (χ0n) is 15.8. The first kappa shape index (κ1) is 19.9. The number of aryl methyl sites for hydroxylation is 3. The fourth-order valence-corrected chi connectivity index (χ4v) is 3.71. The van der Waals surface area contributed by atoms with E-state index in [2.05, 4.69) is 62.4 Å². The monoisotopic (exact) mass is 426 g/mol. The van der Waals surface area contributed by atoms with Crippen molar-refractivity contribution in [3.05, 3.63) is 106 Å². The minimum atomic E-state index is 0. The summed E-state index contributed by atoms with van der Waals surface area (Å²) >= 11 is 0. The van der Waals surface area contributed by atoms with Gasteiger partial charge in [-0.15, -0.1) is 0 Å². The maximum absolute atomic E-state index is 13.4. The molecule has 0 N–H and O–H groups in total. The summed E-state index contributed by atoms with van der Waals surface area (Å²) in [7, 11) is 0. The van der Waals surface area contributed by atoms with Crippen molar-refractivity contribution in [1.82, 2.24) is 0 Å². The van der Waals surface area contributed by atoms with Gasteiger partial charge in [-0.2, -0.15) is 30.3 Å². The zero-order valence-corrected chi connectivity index (χ0v) is 18.6. The summed E-state index contributed by atoms with van der Waals surface area (Å²) < 4.78 is 0. The molecule has 0 heterocycles. The fourth-order valence-electron chi connectivity index (χ4n) is 3.71. The fraction of sp³-hybridized carbons (Fsp3) is 0.160. The van der Waals surface area contributed by atoms with Gasteiger partial charge in [-0.05, 0) is 49.0 Å². The van der Waals surface area contributed by atoms with Crippen LogP contribution in [0.3, 0.4) is 0 Å². The molecule has 3 aromatic carbocycles. The molecule has 1 aliphatic carbocycles. The third-order valence-electron chi connectivity index (χ3n) is 5.08. The number of carbonyl (C=O) groups excluding carboxylic acids is 1. The standard InChI is InChI=1S/C25H21O.Y/c1-17-8-11-19(12-9-17)22-15-13-21-16-18(2)10-14-23(21)24(22)25(26)20-6-4-3-5-7-20;/h4-12,14,16H,13,15H2,1-2H3;/q-1;. The first-order chi connectivity index (χ1) is 12.6. The van der Waals surface area contributed by atoms with Crippen LogP contribution in [0.2, 0.25) is 0 Å². The number of hydrogen-bond acceptors (Lipinski definition) is 1. The number of Topliss-reactive ketones (excluding diaryl/α,β-unsaturated/α-hetero) is 1. The Hall–Kier alpha value is -1.83. The molecule has 0 bridgehead atoms. The van der Waals surface area contributed by atoms with Crippen molar-refractivity contribution in [2.75, 3.05) is 0 Å². The van der Waals surface area contributed by atoms with Gasteiger partial charge in [-0.25, -0.2) is 0 Å². The minimum absolute atomic E-state index is 0. The molecule has 0 saturated heterocycles. The largest absolute Gasteiger partial charge is 0.291 e. The molecule has 1 radical (unpaired) electrons. The Labute approximate surface area is 186 Å². The molecule has 0 fully saturated rings. The van der Waals surface area contributed by atoms with Gasteiger partial charge in [-0.3, -0.25) is 4.79 Å². The molecule has 0 atom stereocenters. The number of rotatable bonds is 3. The third kappa shape index (κ3) is 4.05. The molecule has 2 heteroatoms. The van der Waals surface area contributed by atoms with Crippen molar-refractivity contribution >= 4 is 16.9 Å². The van der Waals surface area contributed by atoms with E-state index in [1.807, 2.05) is 12.1 Å². The second-order valence-electron chi connectivity index (χ2n) is 7.00. The molecule has 0 aliphatic heterocycles. The van der Waals surface area contributed by atoms with E-state index >= 15 is 0 Å². The van der Waals surface area contributed by atoms with E-state index in [1.54, 1.807) is 12.1 Å². The molecule has 1 aliphatic rings. The van der Waals surface area contributed by atoms with Crippen molar-refractivity contribution < 1.29 is 37.5 Å². The van der Waals surface area contributed by atoms with E-state index < -0.39 is 0 Å². The Kier molecular flexibility index (Phi) is 6.24. The first-order valence-corrected chi connectivity index (χ1v) is 9.04. The minimum Gasteiger partial charge on any atom is -0.291 e. The normalized spacial score (nSPS) is 13.0. The molecule has 0 aromatic heterocycles. The summed E-state index contributed by atoms with van der Waals surface area (Å²) in [5.74, 6) is 0.0966. The molecule has 0 spiro atoms. The molecule has 3 aromatic rings.